The summed E-state index contributed by atoms with van der Waals surface area (Å²) >= 11 is 0. The molecule has 0 aliphatic carbocycles. The summed E-state index contributed by atoms with van der Waals surface area (Å²) in [6, 6.07) is 11.2. The van der Waals surface area contributed by atoms with Crippen molar-refractivity contribution >= 4 is 29.3 Å². The fraction of sp³-hybridized carbons (Fsp3) is 0.304. The van der Waals surface area contributed by atoms with Gasteiger partial charge in [0.15, 0.2) is 23.9 Å². The van der Waals surface area contributed by atoms with E-state index in [0.29, 0.717) is 41.5 Å². The standard InChI is InChI=1S/C23H24N2O7/c1-25(2)23(29)15-3-6-17(7-4-15)24-21(27)14-32-22(28)10-8-18(26)16-5-9-19-20(13-16)31-12-11-30-19/h3-7,9,13H,8,10-12,14H2,1-2H3,(H,24,27). The minimum atomic E-state index is -0.655. The Kier molecular flexibility index (Phi) is 7.43. The average molecular weight is 440 g/mol. The molecule has 9 heteroatoms. The van der Waals surface area contributed by atoms with E-state index in [-0.39, 0.29) is 24.5 Å². The van der Waals surface area contributed by atoms with Crippen LogP contribution in [-0.2, 0) is 14.3 Å². The van der Waals surface area contributed by atoms with Gasteiger partial charge in [0.25, 0.3) is 11.8 Å². The Morgan fingerprint density at radius 1 is 0.906 bits per heavy atom. The summed E-state index contributed by atoms with van der Waals surface area (Å²) < 4.78 is 15.8. The van der Waals surface area contributed by atoms with Gasteiger partial charge in [0.1, 0.15) is 13.2 Å². The molecule has 1 N–H and O–H groups in total. The fourth-order valence-corrected chi connectivity index (χ4v) is 2.95. The third-order valence-electron chi connectivity index (χ3n) is 4.61. The number of nitrogens with zero attached hydrogens (tertiary/aromatic N) is 1. The van der Waals surface area contributed by atoms with Crippen LogP contribution in [0.3, 0.4) is 0 Å². The summed E-state index contributed by atoms with van der Waals surface area (Å²) in [5.74, 6) is -0.489. The Morgan fingerprint density at radius 2 is 1.56 bits per heavy atom. The number of nitrogens with one attached hydrogen (secondary N) is 1. The normalized spacial score (nSPS) is 11.9. The van der Waals surface area contributed by atoms with Crippen LogP contribution in [0.1, 0.15) is 33.6 Å². The summed E-state index contributed by atoms with van der Waals surface area (Å²) in [5.41, 5.74) is 1.37. The molecular formula is C23H24N2O7. The lowest BCUT2D eigenvalue weighted by Crippen LogP contribution is -2.22. The Bertz CT molecular complexity index is 1020. The molecular weight excluding hydrogens is 416 g/mol. The van der Waals surface area contributed by atoms with Gasteiger partial charge in [-0.3, -0.25) is 19.2 Å². The van der Waals surface area contributed by atoms with E-state index in [4.69, 9.17) is 14.2 Å². The molecule has 168 valence electrons. The minimum absolute atomic E-state index is 0.0541. The second-order valence-corrected chi connectivity index (χ2v) is 7.27. The van der Waals surface area contributed by atoms with Crippen molar-refractivity contribution in [3.8, 4) is 11.5 Å². The first-order valence-electron chi connectivity index (χ1n) is 10.0. The largest absolute Gasteiger partial charge is 0.486 e. The predicted molar refractivity (Wildman–Crippen MR) is 115 cm³/mol. The lowest BCUT2D eigenvalue weighted by Gasteiger charge is -2.18. The van der Waals surface area contributed by atoms with Crippen molar-refractivity contribution in [1.29, 1.82) is 0 Å². The number of ether oxygens (including phenoxy) is 3. The van der Waals surface area contributed by atoms with Crippen molar-refractivity contribution in [2.75, 3.05) is 39.2 Å². The number of carbonyl (C=O) groups excluding carboxylic acids is 4. The SMILES string of the molecule is CN(C)C(=O)c1ccc(NC(=O)COC(=O)CCC(=O)c2ccc3c(c2)OCCO3)cc1. The third kappa shape index (κ3) is 6.07. The van der Waals surface area contributed by atoms with Crippen LogP contribution in [0.15, 0.2) is 42.5 Å². The molecule has 0 bridgehead atoms. The molecule has 3 rings (SSSR count). The van der Waals surface area contributed by atoms with Gasteiger partial charge in [-0.15, -0.1) is 0 Å². The minimum Gasteiger partial charge on any atom is -0.486 e. The Hall–Kier alpha value is -3.88. The van der Waals surface area contributed by atoms with Gasteiger partial charge in [-0.05, 0) is 42.5 Å². The molecule has 0 saturated heterocycles. The smallest absolute Gasteiger partial charge is 0.306 e. The number of esters is 1. The molecule has 2 aromatic rings. The molecule has 0 unspecified atom stereocenters. The van der Waals surface area contributed by atoms with E-state index in [2.05, 4.69) is 5.32 Å². The molecule has 1 aliphatic rings. The van der Waals surface area contributed by atoms with E-state index in [1.807, 2.05) is 0 Å². The van der Waals surface area contributed by atoms with Gasteiger partial charge in [-0.25, -0.2) is 0 Å². The molecule has 0 atom stereocenters. The molecule has 2 aromatic carbocycles. The topological polar surface area (TPSA) is 111 Å². The van der Waals surface area contributed by atoms with E-state index in [0.717, 1.165) is 0 Å². The predicted octanol–water partition coefficient (Wildman–Crippen LogP) is 2.30. The zero-order valence-corrected chi connectivity index (χ0v) is 17.9. The molecule has 0 fully saturated rings. The van der Waals surface area contributed by atoms with Crippen molar-refractivity contribution < 1.29 is 33.4 Å². The summed E-state index contributed by atoms with van der Waals surface area (Å²) in [7, 11) is 3.30. The molecule has 2 amide bonds. The highest BCUT2D eigenvalue weighted by Crippen LogP contribution is 2.31. The van der Waals surface area contributed by atoms with E-state index in [1.54, 1.807) is 56.6 Å². The number of Topliss-reactive ketones (excluding diaryl/α,β-unsaturated/α-hetero) is 1. The number of hydrogen-bond donors (Lipinski definition) is 1. The quantitative estimate of drug-likeness (QED) is 0.495. The summed E-state index contributed by atoms with van der Waals surface area (Å²) in [6.45, 7) is 0.397. The molecule has 32 heavy (non-hydrogen) atoms. The van der Waals surface area contributed by atoms with Gasteiger partial charge in [-0.1, -0.05) is 0 Å². The second-order valence-electron chi connectivity index (χ2n) is 7.27. The Labute approximate surface area is 185 Å². The highest BCUT2D eigenvalue weighted by atomic mass is 16.6. The summed E-state index contributed by atoms with van der Waals surface area (Å²) in [5, 5.41) is 2.58. The van der Waals surface area contributed by atoms with Crippen LogP contribution in [0, 0.1) is 0 Å². The van der Waals surface area contributed by atoms with Crippen LogP contribution in [0.5, 0.6) is 11.5 Å². The first-order chi connectivity index (χ1) is 15.3. The monoisotopic (exact) mass is 440 g/mol. The lowest BCUT2D eigenvalue weighted by molar-refractivity contribution is -0.147. The van der Waals surface area contributed by atoms with Crippen LogP contribution in [0.25, 0.3) is 0 Å². The van der Waals surface area contributed by atoms with Crippen molar-refractivity contribution in [2.24, 2.45) is 0 Å². The number of anilines is 1. The first kappa shape index (κ1) is 22.8. The summed E-state index contributed by atoms with van der Waals surface area (Å²) in [4.78, 5) is 49.5. The number of fused-ring (bicyclic) bond motifs is 1. The number of ketones is 1. The van der Waals surface area contributed by atoms with Crippen LogP contribution in [0.2, 0.25) is 0 Å². The maximum atomic E-state index is 12.3. The third-order valence-corrected chi connectivity index (χ3v) is 4.61. The van der Waals surface area contributed by atoms with Crippen LogP contribution in [0.4, 0.5) is 5.69 Å². The zero-order valence-electron chi connectivity index (χ0n) is 17.9. The number of carbonyl (C=O) groups is 4. The Morgan fingerprint density at radius 3 is 2.25 bits per heavy atom. The molecule has 1 aliphatic heterocycles. The van der Waals surface area contributed by atoms with Crippen molar-refractivity contribution in [3.63, 3.8) is 0 Å². The second kappa shape index (κ2) is 10.4. The van der Waals surface area contributed by atoms with Crippen LogP contribution >= 0.6 is 0 Å². The highest BCUT2D eigenvalue weighted by molar-refractivity contribution is 5.98. The maximum Gasteiger partial charge on any atom is 0.306 e. The number of benzene rings is 2. The number of rotatable bonds is 8. The lowest BCUT2D eigenvalue weighted by atomic mass is 10.1. The van der Waals surface area contributed by atoms with Gasteiger partial charge < -0.3 is 24.4 Å². The average Bonchev–Trinajstić information content (AvgIpc) is 2.80. The molecule has 0 spiro atoms. The summed E-state index contributed by atoms with van der Waals surface area (Å²) in [6.07, 6.45) is -0.205. The molecule has 0 saturated carbocycles. The van der Waals surface area contributed by atoms with Crippen LogP contribution < -0.4 is 14.8 Å². The zero-order chi connectivity index (χ0) is 23.1. The van der Waals surface area contributed by atoms with Gasteiger partial charge in [0, 0.05) is 37.3 Å². The molecule has 9 nitrogen and oxygen atoms in total. The van der Waals surface area contributed by atoms with Gasteiger partial charge >= 0.3 is 5.97 Å². The fourth-order valence-electron chi connectivity index (χ4n) is 2.95. The van der Waals surface area contributed by atoms with Gasteiger partial charge in [-0.2, -0.15) is 0 Å². The van der Waals surface area contributed by atoms with Gasteiger partial charge in [0.2, 0.25) is 0 Å². The van der Waals surface area contributed by atoms with E-state index in [9.17, 15) is 19.2 Å². The highest BCUT2D eigenvalue weighted by Gasteiger charge is 2.17. The molecule has 0 aromatic heterocycles. The first-order valence-corrected chi connectivity index (χ1v) is 10.0. The van der Waals surface area contributed by atoms with Crippen molar-refractivity contribution in [1.82, 2.24) is 4.90 Å². The van der Waals surface area contributed by atoms with Gasteiger partial charge in [0.05, 0.1) is 6.42 Å². The number of amides is 2. The maximum absolute atomic E-state index is 12.3. The van der Waals surface area contributed by atoms with E-state index < -0.39 is 18.5 Å². The van der Waals surface area contributed by atoms with E-state index in [1.165, 1.54) is 4.90 Å². The van der Waals surface area contributed by atoms with E-state index >= 15 is 0 Å². The van der Waals surface area contributed by atoms with Crippen LogP contribution in [-0.4, -0.2) is 62.4 Å². The number of hydrogen-bond acceptors (Lipinski definition) is 7. The Balaban J connectivity index is 1.41. The molecule has 1 heterocycles. The van der Waals surface area contributed by atoms with Crippen molar-refractivity contribution in [3.05, 3.63) is 53.6 Å². The van der Waals surface area contributed by atoms with Crippen molar-refractivity contribution in [2.45, 2.75) is 12.8 Å². The molecule has 0 radical (unpaired) electrons.